The first-order valence-electron chi connectivity index (χ1n) is 4.70. The number of amides is 2. The van der Waals surface area contributed by atoms with Crippen LogP contribution in [-0.4, -0.2) is 23.3 Å². The highest BCUT2D eigenvalue weighted by atomic mass is 16.2. The smallest absolute Gasteiger partial charge is 0.252 e. The van der Waals surface area contributed by atoms with Gasteiger partial charge in [0.2, 0.25) is 5.91 Å². The molecule has 3 heteroatoms. The van der Waals surface area contributed by atoms with Gasteiger partial charge in [0.1, 0.15) is 0 Å². The molecule has 74 valence electrons. The minimum absolute atomic E-state index is 0.0726. The number of terminal acetylenes is 1. The number of carbonyl (C=O) groups excluding carboxylic acids is 2. The second-order valence-corrected chi connectivity index (χ2v) is 3.13. The van der Waals surface area contributed by atoms with Crippen molar-refractivity contribution in [2.24, 2.45) is 0 Å². The molecule has 0 aromatic heterocycles. The summed E-state index contributed by atoms with van der Waals surface area (Å²) in [4.78, 5) is 23.8. The molecule has 1 heterocycles. The second kappa shape index (κ2) is 5.23. The van der Waals surface area contributed by atoms with Gasteiger partial charge in [-0.15, -0.1) is 12.3 Å². The van der Waals surface area contributed by atoms with Crippen LogP contribution in [0.1, 0.15) is 25.7 Å². The summed E-state index contributed by atoms with van der Waals surface area (Å²) in [6.45, 7) is 0.553. The molecular weight excluding hydrogens is 178 g/mol. The molecule has 0 aliphatic carbocycles. The van der Waals surface area contributed by atoms with E-state index in [1.807, 2.05) is 0 Å². The number of unbranched alkanes of at least 4 members (excludes halogenated alkanes) is 1. The fourth-order valence-corrected chi connectivity index (χ4v) is 1.32. The van der Waals surface area contributed by atoms with Crippen molar-refractivity contribution in [3.63, 3.8) is 0 Å². The zero-order valence-corrected chi connectivity index (χ0v) is 8.03. The molecule has 0 aromatic carbocycles. The van der Waals surface area contributed by atoms with Crippen molar-refractivity contribution >= 4 is 11.8 Å². The van der Waals surface area contributed by atoms with E-state index in [9.17, 15) is 9.59 Å². The molecule has 1 saturated heterocycles. The van der Waals surface area contributed by atoms with Gasteiger partial charge >= 0.3 is 0 Å². The van der Waals surface area contributed by atoms with E-state index in [-0.39, 0.29) is 11.8 Å². The van der Waals surface area contributed by atoms with Crippen LogP contribution in [0.15, 0.2) is 12.2 Å². The van der Waals surface area contributed by atoms with E-state index in [1.54, 1.807) is 6.08 Å². The number of allylic oxidation sites excluding steroid dienone is 1. The number of rotatable bonds is 3. The normalized spacial score (nSPS) is 16.2. The van der Waals surface area contributed by atoms with E-state index in [2.05, 4.69) is 5.92 Å². The van der Waals surface area contributed by atoms with Gasteiger partial charge in [-0.1, -0.05) is 6.08 Å². The van der Waals surface area contributed by atoms with Gasteiger partial charge in [-0.25, -0.2) is 0 Å². The Hall–Kier alpha value is -1.56. The van der Waals surface area contributed by atoms with Crippen molar-refractivity contribution in [2.45, 2.75) is 25.7 Å². The van der Waals surface area contributed by atoms with Crippen molar-refractivity contribution < 1.29 is 9.59 Å². The minimum Gasteiger partial charge on any atom is -0.279 e. The third-order valence-electron chi connectivity index (χ3n) is 2.06. The molecule has 0 N–H and O–H groups in total. The zero-order chi connectivity index (χ0) is 10.4. The number of carbonyl (C=O) groups is 2. The largest absolute Gasteiger partial charge is 0.279 e. The Morgan fingerprint density at radius 2 is 2.43 bits per heavy atom. The van der Waals surface area contributed by atoms with Crippen LogP contribution in [0.5, 0.6) is 0 Å². The highest BCUT2D eigenvalue weighted by Gasteiger charge is 2.24. The molecule has 3 nitrogen and oxygen atoms in total. The average molecular weight is 191 g/mol. The molecule has 0 spiro atoms. The van der Waals surface area contributed by atoms with Crippen LogP contribution in [-0.2, 0) is 9.59 Å². The Morgan fingerprint density at radius 1 is 1.64 bits per heavy atom. The van der Waals surface area contributed by atoms with E-state index in [1.165, 1.54) is 11.0 Å². The highest BCUT2D eigenvalue weighted by Crippen LogP contribution is 2.10. The Morgan fingerprint density at radius 3 is 3.00 bits per heavy atom. The Bertz CT molecular complexity index is 299. The summed E-state index contributed by atoms with van der Waals surface area (Å²) < 4.78 is 0. The van der Waals surface area contributed by atoms with E-state index in [0.717, 1.165) is 6.42 Å². The fourth-order valence-electron chi connectivity index (χ4n) is 1.32. The number of likely N-dealkylation sites (tertiary alicyclic amines) is 1. The van der Waals surface area contributed by atoms with Gasteiger partial charge < -0.3 is 0 Å². The molecule has 0 radical (unpaired) electrons. The van der Waals surface area contributed by atoms with E-state index < -0.39 is 0 Å². The maximum Gasteiger partial charge on any atom is 0.252 e. The maximum absolute atomic E-state index is 11.4. The molecular formula is C11H13NO2. The monoisotopic (exact) mass is 191 g/mol. The van der Waals surface area contributed by atoms with Gasteiger partial charge in [0, 0.05) is 19.4 Å². The summed E-state index contributed by atoms with van der Waals surface area (Å²) in [5.41, 5.74) is 0. The van der Waals surface area contributed by atoms with Gasteiger partial charge in [-0.05, 0) is 18.9 Å². The first kappa shape index (κ1) is 10.5. The zero-order valence-electron chi connectivity index (χ0n) is 8.03. The molecule has 1 rings (SSSR count). The maximum atomic E-state index is 11.4. The first-order chi connectivity index (χ1) is 6.75. The third kappa shape index (κ3) is 2.74. The summed E-state index contributed by atoms with van der Waals surface area (Å²) in [5.74, 6) is 2.19. The van der Waals surface area contributed by atoms with Gasteiger partial charge in [0.25, 0.3) is 5.91 Å². The molecule has 0 unspecified atom stereocenters. The summed E-state index contributed by atoms with van der Waals surface area (Å²) in [6, 6.07) is 0. The Balaban J connectivity index is 2.38. The molecule has 0 saturated carbocycles. The van der Waals surface area contributed by atoms with E-state index in [4.69, 9.17) is 6.42 Å². The lowest BCUT2D eigenvalue weighted by Gasteiger charge is -2.09. The Kier molecular flexibility index (Phi) is 3.93. The number of hydrogen-bond donors (Lipinski definition) is 0. The lowest BCUT2D eigenvalue weighted by molar-refractivity contribution is -0.138. The molecule has 2 amide bonds. The van der Waals surface area contributed by atoms with Crippen molar-refractivity contribution in [3.05, 3.63) is 12.2 Å². The summed E-state index contributed by atoms with van der Waals surface area (Å²) in [6.07, 6.45) is 10.8. The number of hydrogen-bond acceptors (Lipinski definition) is 2. The van der Waals surface area contributed by atoms with Gasteiger partial charge in [-0.2, -0.15) is 0 Å². The molecule has 0 aromatic rings. The van der Waals surface area contributed by atoms with Crippen molar-refractivity contribution in [2.75, 3.05) is 6.54 Å². The average Bonchev–Trinajstić information content (AvgIpc) is 2.59. The van der Waals surface area contributed by atoms with Crippen LogP contribution in [0, 0.1) is 12.3 Å². The van der Waals surface area contributed by atoms with E-state index >= 15 is 0 Å². The summed E-state index contributed by atoms with van der Waals surface area (Å²) in [7, 11) is 0. The molecule has 1 aliphatic rings. The first-order valence-corrected chi connectivity index (χ1v) is 4.70. The predicted molar refractivity (Wildman–Crippen MR) is 53.2 cm³/mol. The molecule has 0 bridgehead atoms. The lowest BCUT2D eigenvalue weighted by Crippen LogP contribution is -2.30. The summed E-state index contributed by atoms with van der Waals surface area (Å²) >= 11 is 0. The number of nitrogens with zero attached hydrogens (tertiary/aromatic N) is 1. The fraction of sp³-hybridized carbons (Fsp3) is 0.455. The Labute approximate surface area is 83.8 Å². The molecule has 1 fully saturated rings. The van der Waals surface area contributed by atoms with Gasteiger partial charge in [-0.3, -0.25) is 14.5 Å². The van der Waals surface area contributed by atoms with Crippen LogP contribution in [0.2, 0.25) is 0 Å². The standard InChI is InChI=1S/C11H13NO2/c1-2-3-4-5-7-10(13)12-9-6-8-11(12)14/h1,5,7H,3-4,6,8-9H2/b7-5+. The topological polar surface area (TPSA) is 37.4 Å². The van der Waals surface area contributed by atoms with Gasteiger partial charge in [0.05, 0.1) is 0 Å². The lowest BCUT2D eigenvalue weighted by atomic mass is 10.3. The van der Waals surface area contributed by atoms with Crippen molar-refractivity contribution in [3.8, 4) is 12.3 Å². The SMILES string of the molecule is C#CCC/C=C/C(=O)N1CCCC1=O. The predicted octanol–water partition coefficient (Wildman–Crippen LogP) is 1.10. The van der Waals surface area contributed by atoms with Crippen LogP contribution >= 0.6 is 0 Å². The minimum atomic E-state index is -0.218. The molecule has 14 heavy (non-hydrogen) atoms. The highest BCUT2D eigenvalue weighted by molar-refractivity contribution is 6.01. The van der Waals surface area contributed by atoms with Crippen molar-refractivity contribution in [1.29, 1.82) is 0 Å². The van der Waals surface area contributed by atoms with Crippen LogP contribution in [0.3, 0.4) is 0 Å². The van der Waals surface area contributed by atoms with Crippen LogP contribution in [0.4, 0.5) is 0 Å². The van der Waals surface area contributed by atoms with Crippen LogP contribution < -0.4 is 0 Å². The number of imide groups is 1. The second-order valence-electron chi connectivity index (χ2n) is 3.13. The van der Waals surface area contributed by atoms with Crippen molar-refractivity contribution in [1.82, 2.24) is 4.90 Å². The van der Waals surface area contributed by atoms with Gasteiger partial charge in [0.15, 0.2) is 0 Å². The van der Waals surface area contributed by atoms with E-state index in [0.29, 0.717) is 25.8 Å². The summed E-state index contributed by atoms with van der Waals surface area (Å²) in [5, 5.41) is 0. The van der Waals surface area contributed by atoms with Crippen LogP contribution in [0.25, 0.3) is 0 Å². The quantitative estimate of drug-likeness (QED) is 0.380. The molecule has 0 atom stereocenters. The third-order valence-corrected chi connectivity index (χ3v) is 2.06. The molecule has 1 aliphatic heterocycles.